The Morgan fingerprint density at radius 1 is 1.25 bits per heavy atom. The van der Waals surface area contributed by atoms with E-state index in [0.29, 0.717) is 24.8 Å². The number of nitrogens with one attached hydrogen (secondary N) is 2. The molecule has 0 bridgehead atoms. The second kappa shape index (κ2) is 12.7. The number of benzene rings is 1. The molecule has 0 aliphatic carbocycles. The Kier molecular flexibility index (Phi) is 11.0. The van der Waals surface area contributed by atoms with Gasteiger partial charge in [0.05, 0.1) is 25.5 Å². The monoisotopic (exact) mass is 501 g/mol. The minimum atomic E-state index is -0.729. The van der Waals surface area contributed by atoms with Gasteiger partial charge in [-0.2, -0.15) is 0 Å². The van der Waals surface area contributed by atoms with Crippen LogP contribution in [0.5, 0.6) is 5.75 Å². The second-order valence-electron chi connectivity index (χ2n) is 6.56. The first-order valence-corrected chi connectivity index (χ1v) is 9.53. The van der Waals surface area contributed by atoms with E-state index in [0.717, 1.165) is 29.8 Å². The van der Waals surface area contributed by atoms with Gasteiger partial charge in [-0.05, 0) is 51.0 Å². The van der Waals surface area contributed by atoms with Crippen molar-refractivity contribution in [1.82, 2.24) is 10.6 Å². The molecule has 0 radical (unpaired) electrons. The SMILES string of the molecule is CCNC(=NCc1ccc(C)cc1OC(C)CC)NCC(O)c1ccco1.I. The summed E-state index contributed by atoms with van der Waals surface area (Å²) in [6.45, 7) is 9.75. The number of aliphatic hydroxyl groups is 1. The number of guanidine groups is 1. The van der Waals surface area contributed by atoms with Crippen molar-refractivity contribution in [1.29, 1.82) is 0 Å². The molecule has 2 aromatic rings. The number of ether oxygens (including phenoxy) is 1. The van der Waals surface area contributed by atoms with Gasteiger partial charge in [0.1, 0.15) is 17.6 Å². The number of hydrogen-bond acceptors (Lipinski definition) is 4. The molecule has 2 atom stereocenters. The van der Waals surface area contributed by atoms with E-state index in [1.54, 1.807) is 18.4 Å². The van der Waals surface area contributed by atoms with E-state index in [9.17, 15) is 5.11 Å². The average Bonchev–Trinajstić information content (AvgIpc) is 3.19. The molecule has 0 saturated heterocycles. The third-order valence-electron chi connectivity index (χ3n) is 4.21. The van der Waals surface area contributed by atoms with E-state index >= 15 is 0 Å². The Hall–Kier alpha value is -1.74. The summed E-state index contributed by atoms with van der Waals surface area (Å²) in [5, 5.41) is 16.5. The molecule has 1 aromatic heterocycles. The first-order valence-electron chi connectivity index (χ1n) is 9.53. The first kappa shape index (κ1) is 24.3. The van der Waals surface area contributed by atoms with E-state index in [-0.39, 0.29) is 30.1 Å². The fraction of sp³-hybridized carbons (Fsp3) is 0.476. The van der Waals surface area contributed by atoms with Gasteiger partial charge in [-0.1, -0.05) is 19.1 Å². The lowest BCUT2D eigenvalue weighted by Gasteiger charge is -2.17. The summed E-state index contributed by atoms with van der Waals surface area (Å²) >= 11 is 0. The summed E-state index contributed by atoms with van der Waals surface area (Å²) in [4.78, 5) is 4.63. The van der Waals surface area contributed by atoms with Crippen molar-refractivity contribution in [3.8, 4) is 5.75 Å². The molecule has 1 aromatic carbocycles. The molecule has 2 rings (SSSR count). The number of hydrogen-bond donors (Lipinski definition) is 3. The van der Waals surface area contributed by atoms with Gasteiger partial charge in [-0.3, -0.25) is 0 Å². The summed E-state index contributed by atoms with van der Waals surface area (Å²) < 4.78 is 11.3. The van der Waals surface area contributed by atoms with Crippen LogP contribution in [0.1, 0.15) is 50.2 Å². The number of aliphatic hydroxyl groups excluding tert-OH is 1. The van der Waals surface area contributed by atoms with E-state index in [2.05, 4.69) is 54.6 Å². The molecule has 1 heterocycles. The van der Waals surface area contributed by atoms with Crippen LogP contribution in [0.3, 0.4) is 0 Å². The highest BCUT2D eigenvalue weighted by Gasteiger charge is 2.12. The predicted octanol–water partition coefficient (Wildman–Crippen LogP) is 4.17. The normalized spacial score (nSPS) is 13.4. The fourth-order valence-electron chi connectivity index (χ4n) is 2.48. The molecule has 156 valence electrons. The van der Waals surface area contributed by atoms with Crippen LogP contribution in [0.2, 0.25) is 0 Å². The highest BCUT2D eigenvalue weighted by Crippen LogP contribution is 2.23. The second-order valence-corrected chi connectivity index (χ2v) is 6.56. The number of aliphatic imine (C=N–C) groups is 1. The molecule has 6 nitrogen and oxygen atoms in total. The van der Waals surface area contributed by atoms with Crippen molar-refractivity contribution in [3.05, 3.63) is 53.5 Å². The lowest BCUT2D eigenvalue weighted by Crippen LogP contribution is -2.39. The van der Waals surface area contributed by atoms with Crippen LogP contribution in [0.4, 0.5) is 0 Å². The average molecular weight is 501 g/mol. The zero-order valence-corrected chi connectivity index (χ0v) is 19.4. The van der Waals surface area contributed by atoms with E-state index in [1.807, 2.05) is 6.92 Å². The van der Waals surface area contributed by atoms with E-state index in [1.165, 1.54) is 0 Å². The first-order chi connectivity index (χ1) is 13.0. The summed E-state index contributed by atoms with van der Waals surface area (Å²) in [7, 11) is 0. The Balaban J connectivity index is 0.00000392. The molecule has 0 aliphatic heterocycles. The maximum Gasteiger partial charge on any atom is 0.191 e. The maximum atomic E-state index is 10.2. The van der Waals surface area contributed by atoms with Crippen molar-refractivity contribution in [3.63, 3.8) is 0 Å². The fourth-order valence-corrected chi connectivity index (χ4v) is 2.48. The standard InChI is InChI=1S/C21H31N3O3.HI/c1-5-16(4)27-20-12-15(3)9-10-17(20)13-23-21(22-6-2)24-14-18(25)19-8-7-11-26-19;/h7-12,16,18,25H,5-6,13-14H2,1-4H3,(H2,22,23,24);1H. The van der Waals surface area contributed by atoms with Gasteiger partial charge in [-0.25, -0.2) is 4.99 Å². The zero-order valence-electron chi connectivity index (χ0n) is 17.1. The van der Waals surface area contributed by atoms with E-state index < -0.39 is 6.10 Å². The topological polar surface area (TPSA) is 79.0 Å². The summed E-state index contributed by atoms with van der Waals surface area (Å²) in [6.07, 6.45) is 1.93. The summed E-state index contributed by atoms with van der Waals surface area (Å²) in [5.74, 6) is 2.04. The Morgan fingerprint density at radius 2 is 2.04 bits per heavy atom. The predicted molar refractivity (Wildman–Crippen MR) is 123 cm³/mol. The molecule has 28 heavy (non-hydrogen) atoms. The van der Waals surface area contributed by atoms with Crippen LogP contribution >= 0.6 is 24.0 Å². The van der Waals surface area contributed by atoms with Gasteiger partial charge < -0.3 is 24.9 Å². The van der Waals surface area contributed by atoms with Gasteiger partial charge in [0.25, 0.3) is 0 Å². The third kappa shape index (κ3) is 7.71. The molecule has 7 heteroatoms. The van der Waals surface area contributed by atoms with Crippen LogP contribution in [0.25, 0.3) is 0 Å². The Morgan fingerprint density at radius 3 is 2.68 bits per heavy atom. The molecule has 0 amide bonds. The number of furan rings is 1. The quantitative estimate of drug-likeness (QED) is 0.273. The third-order valence-corrected chi connectivity index (χ3v) is 4.21. The number of rotatable bonds is 9. The van der Waals surface area contributed by atoms with E-state index in [4.69, 9.17) is 9.15 Å². The van der Waals surface area contributed by atoms with Crippen LogP contribution in [-0.2, 0) is 6.54 Å². The molecule has 2 unspecified atom stereocenters. The zero-order chi connectivity index (χ0) is 19.6. The number of nitrogens with zero attached hydrogens (tertiary/aromatic N) is 1. The van der Waals surface area contributed by atoms with Crippen molar-refractivity contribution < 1.29 is 14.3 Å². The molecule has 0 saturated carbocycles. The maximum absolute atomic E-state index is 10.2. The van der Waals surface area contributed by atoms with Gasteiger partial charge >= 0.3 is 0 Å². The van der Waals surface area contributed by atoms with Crippen LogP contribution in [0.15, 0.2) is 46.0 Å². The molecule has 0 spiro atoms. The van der Waals surface area contributed by atoms with Gasteiger partial charge in [-0.15, -0.1) is 24.0 Å². The lowest BCUT2D eigenvalue weighted by atomic mass is 10.1. The molecular formula is C21H32IN3O3. The van der Waals surface area contributed by atoms with Crippen molar-refractivity contribution in [2.24, 2.45) is 4.99 Å². The van der Waals surface area contributed by atoms with Gasteiger partial charge in [0, 0.05) is 12.1 Å². The Bertz CT molecular complexity index is 720. The van der Waals surface area contributed by atoms with Gasteiger partial charge in [0.2, 0.25) is 0 Å². The van der Waals surface area contributed by atoms with Crippen LogP contribution in [0, 0.1) is 6.92 Å². The number of halogens is 1. The highest BCUT2D eigenvalue weighted by atomic mass is 127. The minimum Gasteiger partial charge on any atom is -0.490 e. The summed E-state index contributed by atoms with van der Waals surface area (Å²) in [5.41, 5.74) is 2.19. The van der Waals surface area contributed by atoms with Gasteiger partial charge in [0.15, 0.2) is 5.96 Å². The lowest BCUT2D eigenvalue weighted by molar-refractivity contribution is 0.153. The van der Waals surface area contributed by atoms with Crippen molar-refractivity contribution in [2.75, 3.05) is 13.1 Å². The molecular weight excluding hydrogens is 469 g/mol. The van der Waals surface area contributed by atoms with Crippen LogP contribution < -0.4 is 15.4 Å². The van der Waals surface area contributed by atoms with Crippen molar-refractivity contribution >= 4 is 29.9 Å². The summed E-state index contributed by atoms with van der Waals surface area (Å²) in [6, 6.07) is 9.68. The molecule has 0 fully saturated rings. The molecule has 0 aliphatic rings. The van der Waals surface area contributed by atoms with Crippen LogP contribution in [-0.4, -0.2) is 30.3 Å². The smallest absolute Gasteiger partial charge is 0.191 e. The largest absolute Gasteiger partial charge is 0.490 e. The Labute approximate surface area is 184 Å². The molecule has 3 N–H and O–H groups in total. The number of aryl methyl sites for hydroxylation is 1. The minimum absolute atomic E-state index is 0. The van der Waals surface area contributed by atoms with Crippen molar-refractivity contribution in [2.45, 2.75) is 52.9 Å². The highest BCUT2D eigenvalue weighted by molar-refractivity contribution is 14.0.